The van der Waals surface area contributed by atoms with Crippen molar-refractivity contribution in [1.29, 1.82) is 0 Å². The molecule has 0 aliphatic rings. The van der Waals surface area contributed by atoms with Gasteiger partial charge in [0.1, 0.15) is 0 Å². The normalized spacial score (nSPS) is 11.1. The van der Waals surface area contributed by atoms with Crippen molar-refractivity contribution in [3.05, 3.63) is 51.9 Å². The average molecular weight is 298 g/mol. The molecule has 3 nitrogen and oxygen atoms in total. The number of hydrogen-bond acceptors (Lipinski definition) is 2. The number of fused-ring (bicyclic) bond motifs is 1. The third-order valence-corrected chi connectivity index (χ3v) is 3.15. The Morgan fingerprint density at radius 2 is 2.11 bits per heavy atom. The maximum absolute atomic E-state index is 13.8. The fourth-order valence-electron chi connectivity index (χ4n) is 1.86. The molecule has 1 N–H and O–H groups in total. The number of aromatic amines is 1. The largest absolute Gasteiger partial charge is 0.329 e. The van der Waals surface area contributed by atoms with E-state index in [0.717, 1.165) is 6.07 Å². The third kappa shape index (κ3) is 1.93. The van der Waals surface area contributed by atoms with Gasteiger partial charge in [0, 0.05) is 6.20 Å². The van der Waals surface area contributed by atoms with Crippen LogP contribution in [0.2, 0.25) is 5.02 Å². The minimum atomic E-state index is -0.976. The highest BCUT2D eigenvalue weighted by Crippen LogP contribution is 2.23. The molecule has 0 aliphatic heterocycles. The Balaban J connectivity index is 2.40. The number of nitrogens with one attached hydrogen (secondary N) is 1. The fourth-order valence-corrected chi connectivity index (χ4v) is 2.31. The van der Waals surface area contributed by atoms with E-state index in [1.807, 2.05) is 0 Å². The Morgan fingerprint density at radius 1 is 1.32 bits per heavy atom. The van der Waals surface area contributed by atoms with E-state index < -0.39 is 11.6 Å². The SMILES string of the molecule is Fc1cccc(-n2c(=S)[nH]c3cc(Cl)cnc32)c1F. The zero-order valence-corrected chi connectivity index (χ0v) is 10.9. The highest BCUT2D eigenvalue weighted by atomic mass is 35.5. The summed E-state index contributed by atoms with van der Waals surface area (Å²) in [7, 11) is 0. The molecular weight excluding hydrogens is 292 g/mol. The molecular formula is C12H6ClF2N3S. The molecule has 2 heterocycles. The molecule has 1 aromatic carbocycles. The van der Waals surface area contributed by atoms with Gasteiger partial charge >= 0.3 is 0 Å². The van der Waals surface area contributed by atoms with E-state index in [4.69, 9.17) is 23.8 Å². The summed E-state index contributed by atoms with van der Waals surface area (Å²) < 4.78 is 28.7. The summed E-state index contributed by atoms with van der Waals surface area (Å²) >= 11 is 10.9. The van der Waals surface area contributed by atoms with E-state index in [0.29, 0.717) is 16.2 Å². The van der Waals surface area contributed by atoms with Crippen LogP contribution in [-0.4, -0.2) is 14.5 Å². The van der Waals surface area contributed by atoms with Crippen LogP contribution in [0, 0.1) is 16.4 Å². The van der Waals surface area contributed by atoms with E-state index in [-0.39, 0.29) is 10.5 Å². The van der Waals surface area contributed by atoms with Crippen molar-refractivity contribution in [3.8, 4) is 5.69 Å². The van der Waals surface area contributed by atoms with Crippen LogP contribution in [0.5, 0.6) is 0 Å². The Hall–Kier alpha value is -1.79. The Labute approximate surface area is 116 Å². The molecule has 19 heavy (non-hydrogen) atoms. The molecule has 3 rings (SSSR count). The molecule has 0 fully saturated rings. The van der Waals surface area contributed by atoms with Crippen molar-refractivity contribution < 1.29 is 8.78 Å². The quantitative estimate of drug-likeness (QED) is 0.688. The zero-order chi connectivity index (χ0) is 13.6. The Kier molecular flexibility index (Phi) is 2.83. The Morgan fingerprint density at radius 3 is 2.89 bits per heavy atom. The summed E-state index contributed by atoms with van der Waals surface area (Å²) in [5, 5.41) is 0.426. The first-order chi connectivity index (χ1) is 9.08. The number of hydrogen-bond donors (Lipinski definition) is 1. The second-order valence-electron chi connectivity index (χ2n) is 3.86. The molecule has 0 atom stereocenters. The monoisotopic (exact) mass is 297 g/mol. The van der Waals surface area contributed by atoms with Crippen LogP contribution in [0.15, 0.2) is 30.5 Å². The highest BCUT2D eigenvalue weighted by Gasteiger charge is 2.14. The van der Waals surface area contributed by atoms with Gasteiger partial charge in [0.15, 0.2) is 22.1 Å². The molecule has 3 aromatic rings. The summed E-state index contributed by atoms with van der Waals surface area (Å²) in [6.45, 7) is 0. The van der Waals surface area contributed by atoms with Gasteiger partial charge in [-0.15, -0.1) is 0 Å². The minimum absolute atomic E-state index is 0.00562. The number of halogens is 3. The van der Waals surface area contributed by atoms with Crippen LogP contribution in [0.4, 0.5) is 8.78 Å². The standard InChI is InChI=1S/C12H6ClF2N3S/c13-6-4-8-11(16-5-6)18(12(19)17-8)9-3-1-2-7(14)10(9)15/h1-5H,(H,17,19). The minimum Gasteiger partial charge on any atom is -0.329 e. The van der Waals surface area contributed by atoms with Crippen molar-refractivity contribution in [3.63, 3.8) is 0 Å². The van der Waals surface area contributed by atoms with Crippen LogP contribution in [0.25, 0.3) is 16.9 Å². The first-order valence-corrected chi connectivity index (χ1v) is 6.07. The lowest BCUT2D eigenvalue weighted by Crippen LogP contribution is -2.00. The lowest BCUT2D eigenvalue weighted by Gasteiger charge is -2.05. The lowest BCUT2D eigenvalue weighted by atomic mass is 10.3. The predicted molar refractivity (Wildman–Crippen MR) is 71.2 cm³/mol. The number of aromatic nitrogens is 3. The van der Waals surface area contributed by atoms with Gasteiger partial charge in [-0.1, -0.05) is 17.7 Å². The zero-order valence-electron chi connectivity index (χ0n) is 9.32. The summed E-state index contributed by atoms with van der Waals surface area (Å²) in [4.78, 5) is 6.95. The van der Waals surface area contributed by atoms with Gasteiger partial charge in [-0.05, 0) is 30.4 Å². The van der Waals surface area contributed by atoms with Gasteiger partial charge < -0.3 is 4.98 Å². The molecule has 0 saturated heterocycles. The second-order valence-corrected chi connectivity index (χ2v) is 4.69. The van der Waals surface area contributed by atoms with Gasteiger partial charge in [0.05, 0.1) is 16.2 Å². The first kappa shape index (κ1) is 12.3. The predicted octanol–water partition coefficient (Wildman–Crippen LogP) is 4.01. The van der Waals surface area contributed by atoms with Crippen LogP contribution < -0.4 is 0 Å². The molecule has 0 unspecified atom stereocenters. The van der Waals surface area contributed by atoms with Gasteiger partial charge in [-0.25, -0.2) is 13.8 Å². The maximum Gasteiger partial charge on any atom is 0.184 e. The summed E-state index contributed by atoms with van der Waals surface area (Å²) in [6.07, 6.45) is 1.42. The van der Waals surface area contributed by atoms with Gasteiger partial charge in [0.2, 0.25) is 0 Å². The number of pyridine rings is 1. The molecule has 2 aromatic heterocycles. The van der Waals surface area contributed by atoms with Crippen molar-refractivity contribution in [2.75, 3.05) is 0 Å². The second kappa shape index (κ2) is 4.40. The van der Waals surface area contributed by atoms with Gasteiger partial charge in [-0.3, -0.25) is 4.57 Å². The fraction of sp³-hybridized carbons (Fsp3) is 0. The van der Waals surface area contributed by atoms with Crippen LogP contribution in [0.1, 0.15) is 0 Å². The van der Waals surface area contributed by atoms with Gasteiger partial charge in [0.25, 0.3) is 0 Å². The average Bonchev–Trinajstić information content (AvgIpc) is 2.68. The summed E-state index contributed by atoms with van der Waals surface area (Å²) in [5.74, 6) is -1.92. The summed E-state index contributed by atoms with van der Waals surface area (Å²) in [5.41, 5.74) is 0.950. The molecule has 0 saturated carbocycles. The van der Waals surface area contributed by atoms with Crippen molar-refractivity contribution in [1.82, 2.24) is 14.5 Å². The molecule has 0 bridgehead atoms. The molecule has 0 radical (unpaired) electrons. The van der Waals surface area contributed by atoms with Crippen molar-refractivity contribution in [2.45, 2.75) is 0 Å². The molecule has 96 valence electrons. The number of H-pyrrole nitrogens is 1. The van der Waals surface area contributed by atoms with E-state index in [1.165, 1.54) is 22.9 Å². The van der Waals surface area contributed by atoms with Crippen LogP contribution in [0.3, 0.4) is 0 Å². The van der Waals surface area contributed by atoms with E-state index in [1.54, 1.807) is 6.07 Å². The number of nitrogens with zero attached hydrogens (tertiary/aromatic N) is 2. The number of rotatable bonds is 1. The lowest BCUT2D eigenvalue weighted by molar-refractivity contribution is 0.504. The first-order valence-electron chi connectivity index (χ1n) is 5.28. The van der Waals surface area contributed by atoms with Crippen molar-refractivity contribution >= 4 is 35.0 Å². The summed E-state index contributed by atoms with van der Waals surface area (Å²) in [6, 6.07) is 5.50. The Bertz CT molecular complexity index is 841. The van der Waals surface area contributed by atoms with Crippen LogP contribution in [-0.2, 0) is 0 Å². The molecule has 0 amide bonds. The maximum atomic E-state index is 13.8. The topological polar surface area (TPSA) is 33.6 Å². The van der Waals surface area contributed by atoms with E-state index in [2.05, 4.69) is 9.97 Å². The number of benzene rings is 1. The van der Waals surface area contributed by atoms with E-state index >= 15 is 0 Å². The highest BCUT2D eigenvalue weighted by molar-refractivity contribution is 7.71. The third-order valence-electron chi connectivity index (χ3n) is 2.66. The van der Waals surface area contributed by atoms with E-state index in [9.17, 15) is 8.78 Å². The molecule has 0 spiro atoms. The van der Waals surface area contributed by atoms with Gasteiger partial charge in [-0.2, -0.15) is 0 Å². The van der Waals surface area contributed by atoms with Crippen molar-refractivity contribution in [2.24, 2.45) is 0 Å². The number of imidazole rings is 1. The smallest absolute Gasteiger partial charge is 0.184 e. The molecule has 7 heteroatoms. The van der Waals surface area contributed by atoms with Crippen LogP contribution >= 0.6 is 23.8 Å². The molecule has 0 aliphatic carbocycles.